The third kappa shape index (κ3) is 12.2. The van der Waals surface area contributed by atoms with Crippen molar-refractivity contribution in [3.8, 4) is 11.5 Å². The molecule has 0 atom stereocenters. The Labute approximate surface area is 327 Å². The van der Waals surface area contributed by atoms with Gasteiger partial charge in [0.1, 0.15) is 11.5 Å². The van der Waals surface area contributed by atoms with Gasteiger partial charge in [0, 0.05) is 91.4 Å². The van der Waals surface area contributed by atoms with Gasteiger partial charge in [0.25, 0.3) is 11.8 Å². The molecule has 0 aliphatic carbocycles. The van der Waals surface area contributed by atoms with Crippen molar-refractivity contribution < 1.29 is 38.2 Å². The molecule has 3 saturated heterocycles. The zero-order chi connectivity index (χ0) is 37.0. The van der Waals surface area contributed by atoms with Gasteiger partial charge >= 0.3 is 0 Å². The highest BCUT2D eigenvalue weighted by Gasteiger charge is 2.31. The first-order valence-corrected chi connectivity index (χ1v) is 17.6. The normalized spacial score (nSPS) is 16.5. The number of halogens is 2. The minimum absolute atomic E-state index is 0. The van der Waals surface area contributed by atoms with Gasteiger partial charge in [0.05, 0.1) is 13.1 Å². The number of carbonyl (C=O) groups is 6. The number of nitrogens with two attached hydrogens (primary N) is 2. The van der Waals surface area contributed by atoms with Crippen molar-refractivity contribution >= 4 is 60.3 Å². The number of hydrogen-bond acceptors (Lipinski definition) is 10. The van der Waals surface area contributed by atoms with Gasteiger partial charge in [-0.1, -0.05) is 24.3 Å². The molecule has 3 aliphatic rings. The molecule has 16 nitrogen and oxygen atoms in total. The van der Waals surface area contributed by atoms with Crippen LogP contribution in [0.4, 0.5) is 0 Å². The summed E-state index contributed by atoms with van der Waals surface area (Å²) in [6, 6.07) is 14.4. The highest BCUT2D eigenvalue weighted by Crippen LogP contribution is 2.15. The molecule has 2 aromatic rings. The smallest absolute Gasteiger partial charge is 0.260 e. The van der Waals surface area contributed by atoms with Crippen LogP contribution in [0.15, 0.2) is 48.5 Å². The van der Waals surface area contributed by atoms with Crippen molar-refractivity contribution in [2.75, 3.05) is 91.8 Å². The Bertz CT molecular complexity index is 1470. The maximum atomic E-state index is 13.1. The van der Waals surface area contributed by atoms with Crippen LogP contribution in [0, 0.1) is 0 Å². The fraction of sp³-hybridized carbons (Fsp3) is 0.500. The van der Waals surface area contributed by atoms with Gasteiger partial charge in [0.15, 0.2) is 13.2 Å². The molecular weight excluding hydrogens is 743 g/mol. The van der Waals surface area contributed by atoms with Crippen molar-refractivity contribution in [1.82, 2.24) is 29.4 Å². The Hall–Kier alpha value is -4.64. The second kappa shape index (κ2) is 21.3. The molecule has 0 unspecified atom stereocenters. The van der Waals surface area contributed by atoms with Crippen molar-refractivity contribution in [3.05, 3.63) is 59.7 Å². The van der Waals surface area contributed by atoms with Crippen LogP contribution in [-0.4, -0.2) is 157 Å². The molecule has 0 aromatic heterocycles. The lowest BCUT2D eigenvalue weighted by molar-refractivity contribution is -0.148. The first-order chi connectivity index (χ1) is 25.1. The molecule has 2 aromatic carbocycles. The number of amides is 6. The van der Waals surface area contributed by atoms with E-state index in [0.717, 1.165) is 11.1 Å². The second-order valence-electron chi connectivity index (χ2n) is 12.9. The number of rotatable bonds is 12. The Kier molecular flexibility index (Phi) is 17.3. The van der Waals surface area contributed by atoms with Crippen LogP contribution in [-0.2, 0) is 41.9 Å². The van der Waals surface area contributed by atoms with E-state index >= 15 is 0 Å². The van der Waals surface area contributed by atoms with Crippen LogP contribution in [0.5, 0.6) is 11.5 Å². The summed E-state index contributed by atoms with van der Waals surface area (Å²) in [5.74, 6) is -0.254. The van der Waals surface area contributed by atoms with E-state index in [4.69, 9.17) is 20.9 Å². The average Bonchev–Trinajstić information content (AvgIpc) is 3.18. The van der Waals surface area contributed by atoms with Gasteiger partial charge in [-0.2, -0.15) is 0 Å². The van der Waals surface area contributed by atoms with Gasteiger partial charge in [-0.25, -0.2) is 0 Å². The van der Waals surface area contributed by atoms with Crippen LogP contribution in [0.1, 0.15) is 24.0 Å². The molecular formula is C36H50Cl2N8O8. The summed E-state index contributed by atoms with van der Waals surface area (Å²) in [6.45, 7) is 3.12. The molecule has 6 amide bonds. The minimum atomic E-state index is -0.270. The van der Waals surface area contributed by atoms with Gasteiger partial charge in [-0.05, 0) is 35.4 Å². The third-order valence-electron chi connectivity index (χ3n) is 9.56. The van der Waals surface area contributed by atoms with Crippen molar-refractivity contribution in [2.24, 2.45) is 11.5 Å². The number of piperazine rings is 2. The molecule has 296 valence electrons. The van der Waals surface area contributed by atoms with Gasteiger partial charge in [-0.3, -0.25) is 28.8 Å². The van der Waals surface area contributed by atoms with Crippen molar-refractivity contribution in [1.29, 1.82) is 0 Å². The van der Waals surface area contributed by atoms with Crippen LogP contribution >= 0.6 is 24.8 Å². The predicted molar refractivity (Wildman–Crippen MR) is 203 cm³/mol. The SMILES string of the molecule is Cl.Cl.NCc1ccc(OCC(=O)N2CCN(C(=O)CN3CCC(=O)N(CC(=O)N4CCN(C(=O)COc5ccc(CN)cc5)CC4)CCC3=O)CC2)cc1. The quantitative estimate of drug-likeness (QED) is 0.289. The van der Waals surface area contributed by atoms with E-state index in [9.17, 15) is 28.8 Å². The monoisotopic (exact) mass is 792 g/mol. The molecule has 3 heterocycles. The number of benzene rings is 2. The largest absolute Gasteiger partial charge is 0.484 e. The highest BCUT2D eigenvalue weighted by atomic mass is 35.5. The zero-order valence-corrected chi connectivity index (χ0v) is 31.9. The van der Waals surface area contributed by atoms with Crippen LogP contribution in [0.3, 0.4) is 0 Å². The maximum Gasteiger partial charge on any atom is 0.260 e. The second-order valence-corrected chi connectivity index (χ2v) is 12.9. The molecule has 0 bridgehead atoms. The van der Waals surface area contributed by atoms with E-state index in [0.29, 0.717) is 76.9 Å². The van der Waals surface area contributed by atoms with E-state index in [-0.39, 0.29) is 112 Å². The number of carbonyl (C=O) groups excluding carboxylic acids is 6. The molecule has 0 radical (unpaired) electrons. The number of nitrogens with zero attached hydrogens (tertiary/aromatic N) is 6. The summed E-state index contributed by atoms with van der Waals surface area (Å²) in [5, 5.41) is 0. The number of hydrogen-bond donors (Lipinski definition) is 2. The molecule has 3 fully saturated rings. The summed E-state index contributed by atoms with van der Waals surface area (Å²) in [4.78, 5) is 87.0. The number of ether oxygens (including phenoxy) is 2. The molecule has 18 heteroatoms. The Morgan fingerprint density at radius 2 is 0.778 bits per heavy atom. The van der Waals surface area contributed by atoms with Gasteiger partial charge in [0.2, 0.25) is 23.6 Å². The molecule has 3 aliphatic heterocycles. The maximum absolute atomic E-state index is 13.1. The minimum Gasteiger partial charge on any atom is -0.484 e. The molecule has 5 rings (SSSR count). The molecule has 0 spiro atoms. The van der Waals surface area contributed by atoms with E-state index in [2.05, 4.69) is 0 Å². The Balaban J connectivity index is 0.00000392. The topological polar surface area (TPSA) is 192 Å². The predicted octanol–water partition coefficient (Wildman–Crippen LogP) is -0.302. The summed E-state index contributed by atoms with van der Waals surface area (Å²) < 4.78 is 11.2. The first-order valence-electron chi connectivity index (χ1n) is 17.6. The Morgan fingerprint density at radius 3 is 1.07 bits per heavy atom. The third-order valence-corrected chi connectivity index (χ3v) is 9.56. The lowest BCUT2D eigenvalue weighted by atomic mass is 10.2. The fourth-order valence-corrected chi connectivity index (χ4v) is 6.21. The lowest BCUT2D eigenvalue weighted by Crippen LogP contribution is -2.55. The van der Waals surface area contributed by atoms with Crippen LogP contribution in [0.25, 0.3) is 0 Å². The Morgan fingerprint density at radius 1 is 0.481 bits per heavy atom. The summed E-state index contributed by atoms with van der Waals surface area (Å²) >= 11 is 0. The first kappa shape index (κ1) is 43.8. The molecule has 0 saturated carbocycles. The summed E-state index contributed by atoms with van der Waals surface area (Å²) in [5.41, 5.74) is 13.2. The lowest BCUT2D eigenvalue weighted by Gasteiger charge is -2.37. The fourth-order valence-electron chi connectivity index (χ4n) is 6.21. The van der Waals surface area contributed by atoms with E-state index < -0.39 is 0 Å². The summed E-state index contributed by atoms with van der Waals surface area (Å²) in [7, 11) is 0. The summed E-state index contributed by atoms with van der Waals surface area (Å²) in [6.07, 6.45) is -0.0263. The van der Waals surface area contributed by atoms with Gasteiger partial charge in [-0.15, -0.1) is 24.8 Å². The van der Waals surface area contributed by atoms with E-state index in [1.54, 1.807) is 43.9 Å². The standard InChI is InChI=1S/C36H48N8O8.2ClH/c37-21-27-1-5-29(6-2-27)51-25-35(49)41-17-13-39(14-18-41)33(47)23-43-11-9-32(46)44(12-10-31(43)45)24-34(48)40-15-19-42(20-16-40)36(50)26-52-30-7-3-28(22-38)4-8-30;;/h1-8H,9-26,37-38H2;2*1H. The molecule has 4 N–H and O–H groups in total. The zero-order valence-electron chi connectivity index (χ0n) is 30.3. The van der Waals surface area contributed by atoms with Gasteiger partial charge < -0.3 is 50.3 Å². The highest BCUT2D eigenvalue weighted by molar-refractivity contribution is 5.89. The molecule has 54 heavy (non-hydrogen) atoms. The van der Waals surface area contributed by atoms with E-state index in [1.807, 2.05) is 24.3 Å². The van der Waals surface area contributed by atoms with Crippen molar-refractivity contribution in [2.45, 2.75) is 25.9 Å². The van der Waals surface area contributed by atoms with E-state index in [1.165, 1.54) is 9.80 Å². The van der Waals surface area contributed by atoms with Crippen LogP contribution in [0.2, 0.25) is 0 Å². The van der Waals surface area contributed by atoms with Crippen molar-refractivity contribution in [3.63, 3.8) is 0 Å². The van der Waals surface area contributed by atoms with Crippen LogP contribution < -0.4 is 20.9 Å². The average molecular weight is 794 g/mol.